The first kappa shape index (κ1) is 10.6. The number of nitrogens with zero attached hydrogens (tertiary/aromatic N) is 3. The van der Waals surface area contributed by atoms with E-state index in [4.69, 9.17) is 5.73 Å². The third-order valence-corrected chi connectivity index (χ3v) is 3.09. The van der Waals surface area contributed by atoms with E-state index in [-0.39, 0.29) is 0 Å². The van der Waals surface area contributed by atoms with E-state index in [2.05, 4.69) is 14.5 Å². The van der Waals surface area contributed by atoms with Crippen LogP contribution in [-0.2, 0) is 13.1 Å². The van der Waals surface area contributed by atoms with Gasteiger partial charge in [-0.1, -0.05) is 6.42 Å². The highest BCUT2D eigenvalue weighted by Gasteiger charge is 2.10. The molecule has 1 saturated heterocycles. The number of rotatable bonds is 4. The van der Waals surface area contributed by atoms with Gasteiger partial charge in [0.15, 0.2) is 0 Å². The summed E-state index contributed by atoms with van der Waals surface area (Å²) in [6, 6.07) is 0. The average Bonchev–Trinajstić information content (AvgIpc) is 2.75. The number of hydrogen-bond donors (Lipinski definition) is 1. The first-order valence-electron chi connectivity index (χ1n) is 5.82. The van der Waals surface area contributed by atoms with Gasteiger partial charge in [0.2, 0.25) is 0 Å². The van der Waals surface area contributed by atoms with E-state index in [9.17, 15) is 0 Å². The number of piperidine rings is 1. The molecular formula is C11H20N4. The lowest BCUT2D eigenvalue weighted by molar-refractivity contribution is 0.220. The third kappa shape index (κ3) is 2.79. The minimum atomic E-state index is 0.535. The number of imidazole rings is 1. The Hall–Kier alpha value is -0.870. The largest absolute Gasteiger partial charge is 0.333 e. The Labute approximate surface area is 91.1 Å². The Morgan fingerprint density at radius 2 is 2.00 bits per heavy atom. The van der Waals surface area contributed by atoms with Crippen LogP contribution < -0.4 is 5.73 Å². The molecule has 0 aromatic carbocycles. The second-order valence-electron chi connectivity index (χ2n) is 4.14. The van der Waals surface area contributed by atoms with E-state index in [1.807, 2.05) is 12.4 Å². The summed E-state index contributed by atoms with van der Waals surface area (Å²) < 4.78 is 2.16. The molecule has 4 nitrogen and oxygen atoms in total. The highest BCUT2D eigenvalue weighted by Crippen LogP contribution is 2.08. The van der Waals surface area contributed by atoms with Crippen molar-refractivity contribution < 1.29 is 0 Å². The van der Waals surface area contributed by atoms with Crippen molar-refractivity contribution in [2.75, 3.05) is 19.6 Å². The predicted molar refractivity (Wildman–Crippen MR) is 60.4 cm³/mol. The maximum absolute atomic E-state index is 5.61. The summed E-state index contributed by atoms with van der Waals surface area (Å²) in [6.07, 6.45) is 7.96. The first-order valence-corrected chi connectivity index (χ1v) is 5.82. The Morgan fingerprint density at radius 3 is 2.73 bits per heavy atom. The number of nitrogens with two attached hydrogens (primary N) is 1. The molecule has 1 aliphatic heterocycles. The van der Waals surface area contributed by atoms with Crippen molar-refractivity contribution in [3.8, 4) is 0 Å². The van der Waals surface area contributed by atoms with Gasteiger partial charge < -0.3 is 15.2 Å². The molecule has 0 radical (unpaired) electrons. The smallest absolute Gasteiger partial charge is 0.122 e. The molecule has 15 heavy (non-hydrogen) atoms. The average molecular weight is 208 g/mol. The van der Waals surface area contributed by atoms with Crippen LogP contribution in [0.1, 0.15) is 25.1 Å². The fourth-order valence-electron chi connectivity index (χ4n) is 2.17. The molecule has 0 spiro atoms. The lowest BCUT2D eigenvalue weighted by Gasteiger charge is -2.26. The zero-order valence-corrected chi connectivity index (χ0v) is 9.23. The fourth-order valence-corrected chi connectivity index (χ4v) is 2.17. The molecule has 1 aliphatic rings. The zero-order valence-electron chi connectivity index (χ0n) is 9.23. The predicted octanol–water partition coefficient (Wildman–Crippen LogP) is 0.828. The Kier molecular flexibility index (Phi) is 3.75. The van der Waals surface area contributed by atoms with Crippen LogP contribution in [0.15, 0.2) is 12.4 Å². The lowest BCUT2D eigenvalue weighted by atomic mass is 10.1. The van der Waals surface area contributed by atoms with Gasteiger partial charge in [-0.3, -0.25) is 0 Å². The van der Waals surface area contributed by atoms with E-state index in [0.717, 1.165) is 18.9 Å². The minimum Gasteiger partial charge on any atom is -0.333 e. The van der Waals surface area contributed by atoms with Gasteiger partial charge in [0, 0.05) is 25.5 Å². The highest BCUT2D eigenvalue weighted by atomic mass is 15.2. The second kappa shape index (κ2) is 5.28. The molecule has 0 atom stereocenters. The summed E-state index contributed by atoms with van der Waals surface area (Å²) in [6.45, 7) is 5.20. The van der Waals surface area contributed by atoms with Gasteiger partial charge in [0.25, 0.3) is 0 Å². The standard InChI is InChI=1S/C11H20N4/c12-10-11-13-4-7-15(11)9-8-14-5-2-1-3-6-14/h4,7H,1-3,5-6,8-10,12H2. The molecule has 0 saturated carbocycles. The van der Waals surface area contributed by atoms with E-state index in [0.29, 0.717) is 6.54 Å². The van der Waals surface area contributed by atoms with Crippen LogP contribution in [-0.4, -0.2) is 34.1 Å². The topological polar surface area (TPSA) is 47.1 Å². The molecule has 1 aromatic heterocycles. The summed E-state index contributed by atoms with van der Waals surface area (Å²) in [7, 11) is 0. The summed E-state index contributed by atoms with van der Waals surface area (Å²) in [5.74, 6) is 0.993. The number of aromatic nitrogens is 2. The maximum Gasteiger partial charge on any atom is 0.122 e. The van der Waals surface area contributed by atoms with E-state index < -0.39 is 0 Å². The molecule has 0 amide bonds. The van der Waals surface area contributed by atoms with Crippen LogP contribution in [0, 0.1) is 0 Å². The summed E-state index contributed by atoms with van der Waals surface area (Å²) in [5, 5.41) is 0. The Bertz CT molecular complexity index is 289. The fraction of sp³-hybridized carbons (Fsp3) is 0.727. The summed E-state index contributed by atoms with van der Waals surface area (Å²) in [5.41, 5.74) is 5.61. The molecule has 0 bridgehead atoms. The van der Waals surface area contributed by atoms with Gasteiger partial charge >= 0.3 is 0 Å². The quantitative estimate of drug-likeness (QED) is 0.797. The molecule has 1 aromatic rings. The molecule has 1 fully saturated rings. The SMILES string of the molecule is NCc1nccn1CCN1CCCCC1. The van der Waals surface area contributed by atoms with Gasteiger partial charge in [-0.05, 0) is 25.9 Å². The van der Waals surface area contributed by atoms with Gasteiger partial charge in [-0.2, -0.15) is 0 Å². The molecule has 0 aliphatic carbocycles. The molecule has 2 N–H and O–H groups in total. The van der Waals surface area contributed by atoms with Crippen LogP contribution >= 0.6 is 0 Å². The number of hydrogen-bond acceptors (Lipinski definition) is 3. The van der Waals surface area contributed by atoms with Gasteiger partial charge in [-0.25, -0.2) is 4.98 Å². The summed E-state index contributed by atoms with van der Waals surface area (Å²) in [4.78, 5) is 6.75. The van der Waals surface area contributed by atoms with Crippen molar-refractivity contribution in [2.45, 2.75) is 32.4 Å². The monoisotopic (exact) mass is 208 g/mol. The van der Waals surface area contributed by atoms with Crippen LogP contribution in [0.25, 0.3) is 0 Å². The van der Waals surface area contributed by atoms with Crippen LogP contribution in [0.5, 0.6) is 0 Å². The van der Waals surface area contributed by atoms with Crippen molar-refractivity contribution in [3.05, 3.63) is 18.2 Å². The number of likely N-dealkylation sites (tertiary alicyclic amines) is 1. The van der Waals surface area contributed by atoms with Crippen LogP contribution in [0.2, 0.25) is 0 Å². The second-order valence-corrected chi connectivity index (χ2v) is 4.14. The Morgan fingerprint density at radius 1 is 1.20 bits per heavy atom. The van der Waals surface area contributed by atoms with Crippen LogP contribution in [0.3, 0.4) is 0 Å². The normalized spacial score (nSPS) is 18.2. The van der Waals surface area contributed by atoms with Gasteiger partial charge in [0.05, 0.1) is 6.54 Å². The van der Waals surface area contributed by atoms with Crippen molar-refractivity contribution in [3.63, 3.8) is 0 Å². The van der Waals surface area contributed by atoms with Crippen LogP contribution in [0.4, 0.5) is 0 Å². The zero-order chi connectivity index (χ0) is 10.5. The van der Waals surface area contributed by atoms with Crippen molar-refractivity contribution in [1.82, 2.24) is 14.5 Å². The molecule has 4 heteroatoms. The molecule has 84 valence electrons. The Balaban J connectivity index is 1.81. The van der Waals surface area contributed by atoms with Crippen molar-refractivity contribution in [2.24, 2.45) is 5.73 Å². The maximum atomic E-state index is 5.61. The third-order valence-electron chi connectivity index (χ3n) is 3.09. The molecule has 2 rings (SSSR count). The molecule has 0 unspecified atom stereocenters. The van der Waals surface area contributed by atoms with Crippen molar-refractivity contribution >= 4 is 0 Å². The van der Waals surface area contributed by atoms with Gasteiger partial charge in [-0.15, -0.1) is 0 Å². The minimum absolute atomic E-state index is 0.535. The summed E-state index contributed by atoms with van der Waals surface area (Å²) >= 11 is 0. The van der Waals surface area contributed by atoms with Crippen molar-refractivity contribution in [1.29, 1.82) is 0 Å². The van der Waals surface area contributed by atoms with E-state index in [1.165, 1.54) is 32.4 Å². The highest BCUT2D eigenvalue weighted by molar-refractivity contribution is 4.91. The molecular weight excluding hydrogens is 188 g/mol. The van der Waals surface area contributed by atoms with Gasteiger partial charge in [0.1, 0.15) is 5.82 Å². The van der Waals surface area contributed by atoms with E-state index >= 15 is 0 Å². The lowest BCUT2D eigenvalue weighted by Crippen LogP contribution is -2.32. The first-order chi connectivity index (χ1) is 7.40. The van der Waals surface area contributed by atoms with E-state index in [1.54, 1.807) is 0 Å². The molecule has 2 heterocycles.